The van der Waals surface area contributed by atoms with E-state index in [2.05, 4.69) is 0 Å². The number of rotatable bonds is 2. The highest BCUT2D eigenvalue weighted by Crippen LogP contribution is 2.55. The van der Waals surface area contributed by atoms with Crippen LogP contribution in [0.1, 0.15) is 0 Å². The van der Waals surface area contributed by atoms with E-state index in [1.807, 2.05) is 0 Å². The number of carboxylic acid groups (broad SMARTS) is 1. The molecule has 1 rings (SSSR count). The number of carboxylic acids is 1. The molecule has 1 saturated carbocycles. The van der Waals surface area contributed by atoms with Gasteiger partial charge in [0.1, 0.15) is 0 Å². The number of nitrogens with two attached hydrogens (primary N) is 1. The van der Waals surface area contributed by atoms with Gasteiger partial charge in [-0.1, -0.05) is 0 Å². The van der Waals surface area contributed by atoms with Crippen molar-refractivity contribution >= 4 is 5.97 Å². The van der Waals surface area contributed by atoms with Gasteiger partial charge in [0, 0.05) is 0 Å². The van der Waals surface area contributed by atoms with E-state index in [-0.39, 0.29) is 6.54 Å². The second-order valence-corrected chi connectivity index (χ2v) is 2.83. The molecule has 0 aromatic rings. The van der Waals surface area contributed by atoms with E-state index in [1.165, 1.54) is 0 Å². The standard InChI is InChI=1S/C6H8F3NO2/c7-6(8,9)4-2(1-10)3(4)5(11)12/h2-4H,1,10H2,(H,11,12)/t2-,3+,4-/m1/s1. The molecule has 0 saturated heterocycles. The Morgan fingerprint density at radius 3 is 2.08 bits per heavy atom. The maximum Gasteiger partial charge on any atom is 0.393 e. The molecule has 3 N–H and O–H groups in total. The molecule has 0 heterocycles. The summed E-state index contributed by atoms with van der Waals surface area (Å²) in [5.41, 5.74) is 4.99. The van der Waals surface area contributed by atoms with Gasteiger partial charge in [-0.05, 0) is 12.5 Å². The topological polar surface area (TPSA) is 63.3 Å². The molecule has 1 aliphatic rings. The van der Waals surface area contributed by atoms with Gasteiger partial charge in [-0.25, -0.2) is 0 Å². The summed E-state index contributed by atoms with van der Waals surface area (Å²) >= 11 is 0. The van der Waals surface area contributed by atoms with Gasteiger partial charge in [0.15, 0.2) is 0 Å². The van der Waals surface area contributed by atoms with Crippen LogP contribution < -0.4 is 5.73 Å². The predicted octanol–water partition coefficient (Wildman–Crippen LogP) is 0.454. The second-order valence-electron chi connectivity index (χ2n) is 2.83. The molecule has 0 aliphatic heterocycles. The zero-order chi connectivity index (χ0) is 9.52. The van der Waals surface area contributed by atoms with E-state index >= 15 is 0 Å². The summed E-state index contributed by atoms with van der Waals surface area (Å²) in [6.45, 7) is -0.221. The van der Waals surface area contributed by atoms with Crippen molar-refractivity contribution in [1.29, 1.82) is 0 Å². The van der Waals surface area contributed by atoms with Crippen LogP contribution in [0.15, 0.2) is 0 Å². The Kier molecular flexibility index (Phi) is 2.03. The number of carbonyl (C=O) groups is 1. The van der Waals surface area contributed by atoms with Crippen LogP contribution in [0.5, 0.6) is 0 Å². The predicted molar refractivity (Wildman–Crippen MR) is 33.2 cm³/mol. The Balaban J connectivity index is 2.65. The third kappa shape index (κ3) is 1.38. The van der Waals surface area contributed by atoms with Gasteiger partial charge in [-0.3, -0.25) is 4.79 Å². The van der Waals surface area contributed by atoms with Gasteiger partial charge in [-0.2, -0.15) is 13.2 Å². The van der Waals surface area contributed by atoms with E-state index in [0.717, 1.165) is 0 Å². The van der Waals surface area contributed by atoms with E-state index in [1.54, 1.807) is 0 Å². The molecule has 0 bridgehead atoms. The lowest BCUT2D eigenvalue weighted by Gasteiger charge is -2.02. The molecule has 3 atom stereocenters. The molecule has 0 aromatic heterocycles. The van der Waals surface area contributed by atoms with Gasteiger partial charge < -0.3 is 10.8 Å². The largest absolute Gasteiger partial charge is 0.481 e. The Morgan fingerprint density at radius 2 is 2.00 bits per heavy atom. The highest BCUT2D eigenvalue weighted by atomic mass is 19.4. The number of hydrogen-bond donors (Lipinski definition) is 2. The van der Waals surface area contributed by atoms with Crippen LogP contribution in [0.2, 0.25) is 0 Å². The summed E-state index contributed by atoms with van der Waals surface area (Å²) in [4.78, 5) is 10.2. The van der Waals surface area contributed by atoms with Gasteiger partial charge in [0.2, 0.25) is 0 Å². The summed E-state index contributed by atoms with van der Waals surface area (Å²) in [7, 11) is 0. The second kappa shape index (κ2) is 2.62. The van der Waals surface area contributed by atoms with Gasteiger partial charge >= 0.3 is 12.1 Å². The van der Waals surface area contributed by atoms with Gasteiger partial charge in [0.05, 0.1) is 11.8 Å². The van der Waals surface area contributed by atoms with Crippen molar-refractivity contribution < 1.29 is 23.1 Å². The number of hydrogen-bond acceptors (Lipinski definition) is 2. The monoisotopic (exact) mass is 183 g/mol. The van der Waals surface area contributed by atoms with E-state index < -0.39 is 29.9 Å². The minimum atomic E-state index is -4.42. The highest BCUT2D eigenvalue weighted by molar-refractivity contribution is 5.74. The number of alkyl halides is 3. The van der Waals surface area contributed by atoms with Crippen LogP contribution >= 0.6 is 0 Å². The molecule has 1 aliphatic carbocycles. The Labute approximate surface area is 66.4 Å². The number of aliphatic carboxylic acids is 1. The summed E-state index contributed by atoms with van der Waals surface area (Å²) in [5.74, 6) is -5.40. The third-order valence-electron chi connectivity index (χ3n) is 2.10. The molecule has 0 spiro atoms. The molecular formula is C6H8F3NO2. The van der Waals surface area contributed by atoms with E-state index in [4.69, 9.17) is 10.8 Å². The molecule has 0 unspecified atom stereocenters. The first kappa shape index (κ1) is 9.31. The van der Waals surface area contributed by atoms with Crippen molar-refractivity contribution in [1.82, 2.24) is 0 Å². The van der Waals surface area contributed by atoms with Crippen LogP contribution in [-0.4, -0.2) is 23.8 Å². The zero-order valence-corrected chi connectivity index (χ0v) is 6.01. The van der Waals surface area contributed by atoms with Gasteiger partial charge in [0.25, 0.3) is 0 Å². The first-order valence-electron chi connectivity index (χ1n) is 3.39. The van der Waals surface area contributed by atoms with Crippen LogP contribution in [0.3, 0.4) is 0 Å². The highest BCUT2D eigenvalue weighted by Gasteiger charge is 2.66. The average molecular weight is 183 g/mol. The van der Waals surface area contributed by atoms with Crippen molar-refractivity contribution in [3.05, 3.63) is 0 Å². The van der Waals surface area contributed by atoms with Crippen molar-refractivity contribution in [2.45, 2.75) is 6.18 Å². The smallest absolute Gasteiger partial charge is 0.393 e. The van der Waals surface area contributed by atoms with Crippen LogP contribution in [0.4, 0.5) is 13.2 Å². The molecule has 12 heavy (non-hydrogen) atoms. The first-order valence-corrected chi connectivity index (χ1v) is 3.39. The summed E-state index contributed by atoms with van der Waals surface area (Å²) < 4.78 is 35.9. The van der Waals surface area contributed by atoms with E-state index in [9.17, 15) is 18.0 Å². The lowest BCUT2D eigenvalue weighted by Crippen LogP contribution is -2.16. The van der Waals surface area contributed by atoms with Crippen molar-refractivity contribution in [3.63, 3.8) is 0 Å². The first-order chi connectivity index (χ1) is 5.39. The minimum absolute atomic E-state index is 0.221. The fourth-order valence-electron chi connectivity index (χ4n) is 1.45. The fourth-order valence-corrected chi connectivity index (χ4v) is 1.45. The summed E-state index contributed by atoms with van der Waals surface area (Å²) in [6.07, 6.45) is -4.42. The lowest BCUT2D eigenvalue weighted by molar-refractivity contribution is -0.161. The molecular weight excluding hydrogens is 175 g/mol. The Morgan fingerprint density at radius 1 is 1.50 bits per heavy atom. The summed E-state index contributed by atoms with van der Waals surface area (Å²) in [5, 5.41) is 8.33. The van der Waals surface area contributed by atoms with Crippen LogP contribution in [-0.2, 0) is 4.79 Å². The molecule has 3 nitrogen and oxygen atoms in total. The van der Waals surface area contributed by atoms with Gasteiger partial charge in [-0.15, -0.1) is 0 Å². The molecule has 0 radical (unpaired) electrons. The molecule has 1 fully saturated rings. The average Bonchev–Trinajstić information content (AvgIpc) is 2.58. The maximum atomic E-state index is 12.0. The molecule has 6 heteroatoms. The van der Waals surface area contributed by atoms with Crippen LogP contribution in [0, 0.1) is 17.8 Å². The molecule has 0 amide bonds. The van der Waals surface area contributed by atoms with Crippen molar-refractivity contribution in [3.8, 4) is 0 Å². The quantitative estimate of drug-likeness (QED) is 0.653. The Hall–Kier alpha value is -0.780. The lowest BCUT2D eigenvalue weighted by atomic mass is 10.3. The molecule has 70 valence electrons. The SMILES string of the molecule is NC[C@@H]1[C@H](C(=O)O)[C@@H]1C(F)(F)F. The van der Waals surface area contributed by atoms with E-state index in [0.29, 0.717) is 0 Å². The Bertz CT molecular complexity index is 203. The fraction of sp³-hybridized carbons (Fsp3) is 0.833. The van der Waals surface area contributed by atoms with Crippen LogP contribution in [0.25, 0.3) is 0 Å². The maximum absolute atomic E-state index is 12.0. The molecule has 0 aromatic carbocycles. The zero-order valence-electron chi connectivity index (χ0n) is 6.01. The normalized spacial score (nSPS) is 34.8. The minimum Gasteiger partial charge on any atom is -0.481 e. The summed E-state index contributed by atoms with van der Waals surface area (Å²) in [6, 6.07) is 0. The number of halogens is 3. The van der Waals surface area contributed by atoms with Crippen molar-refractivity contribution in [2.75, 3.05) is 6.54 Å². The third-order valence-corrected chi connectivity index (χ3v) is 2.10. The van der Waals surface area contributed by atoms with Crippen molar-refractivity contribution in [2.24, 2.45) is 23.5 Å².